The van der Waals surface area contributed by atoms with E-state index in [1.54, 1.807) is 17.2 Å². The number of anilines is 1. The molecular formula is C16H19N3O2. The summed E-state index contributed by atoms with van der Waals surface area (Å²) in [6, 6.07) is 9.22. The molecular weight excluding hydrogens is 266 g/mol. The van der Waals surface area contributed by atoms with Gasteiger partial charge in [0.15, 0.2) is 0 Å². The van der Waals surface area contributed by atoms with Crippen LogP contribution in [0.25, 0.3) is 0 Å². The van der Waals surface area contributed by atoms with Crippen LogP contribution in [0.1, 0.15) is 22.8 Å². The molecule has 1 aromatic heterocycles. The summed E-state index contributed by atoms with van der Waals surface area (Å²) in [6.07, 6.45) is 3.12. The van der Waals surface area contributed by atoms with E-state index in [4.69, 9.17) is 10.5 Å². The number of methoxy groups -OCH3 is 1. The zero-order valence-corrected chi connectivity index (χ0v) is 12.2. The molecule has 0 radical (unpaired) electrons. The Balaban J connectivity index is 2.25. The predicted octanol–water partition coefficient (Wildman–Crippen LogP) is 2.33. The van der Waals surface area contributed by atoms with Crippen LogP contribution in [0.5, 0.6) is 5.75 Å². The molecule has 2 N–H and O–H groups in total. The van der Waals surface area contributed by atoms with E-state index in [-0.39, 0.29) is 5.91 Å². The lowest BCUT2D eigenvalue weighted by molar-refractivity contribution is 0.0749. The highest BCUT2D eigenvalue weighted by molar-refractivity contribution is 5.96. The summed E-state index contributed by atoms with van der Waals surface area (Å²) in [6.45, 7) is 2.98. The first kappa shape index (κ1) is 14.8. The van der Waals surface area contributed by atoms with Crippen molar-refractivity contribution in [1.29, 1.82) is 0 Å². The number of amides is 1. The molecule has 0 aliphatic rings. The number of pyridine rings is 1. The van der Waals surface area contributed by atoms with Gasteiger partial charge in [-0.1, -0.05) is 18.2 Å². The second-order valence-corrected chi connectivity index (χ2v) is 4.59. The second kappa shape index (κ2) is 6.74. The summed E-state index contributed by atoms with van der Waals surface area (Å²) in [4.78, 5) is 18.3. The Labute approximate surface area is 124 Å². The summed E-state index contributed by atoms with van der Waals surface area (Å²) in [5.74, 6) is 0.377. The molecule has 0 aliphatic heterocycles. The SMILES string of the molecule is CCN(Cc1ccccc1N)C(=O)c1ccncc1OC. The molecule has 0 saturated carbocycles. The van der Waals surface area contributed by atoms with Crippen LogP contribution in [0.15, 0.2) is 42.7 Å². The lowest BCUT2D eigenvalue weighted by atomic mass is 10.1. The highest BCUT2D eigenvalue weighted by Crippen LogP contribution is 2.20. The van der Waals surface area contributed by atoms with Crippen LogP contribution in [0.2, 0.25) is 0 Å². The Bertz CT molecular complexity index is 628. The van der Waals surface area contributed by atoms with Gasteiger partial charge in [0.05, 0.1) is 18.9 Å². The number of carbonyl (C=O) groups excluding carboxylic acids is 1. The Kier molecular flexibility index (Phi) is 4.77. The normalized spacial score (nSPS) is 10.2. The fourth-order valence-corrected chi connectivity index (χ4v) is 2.10. The van der Waals surface area contributed by atoms with E-state index in [1.165, 1.54) is 13.3 Å². The molecule has 0 fully saturated rings. The lowest BCUT2D eigenvalue weighted by Gasteiger charge is -2.22. The van der Waals surface area contributed by atoms with Crippen LogP contribution in [0.4, 0.5) is 5.69 Å². The third kappa shape index (κ3) is 3.31. The topological polar surface area (TPSA) is 68.5 Å². The van der Waals surface area contributed by atoms with Crippen LogP contribution in [0.3, 0.4) is 0 Å². The first-order chi connectivity index (χ1) is 10.2. The van der Waals surface area contributed by atoms with Gasteiger partial charge in [-0.15, -0.1) is 0 Å². The maximum absolute atomic E-state index is 12.6. The largest absolute Gasteiger partial charge is 0.494 e. The van der Waals surface area contributed by atoms with Crippen LogP contribution < -0.4 is 10.5 Å². The molecule has 110 valence electrons. The van der Waals surface area contributed by atoms with Gasteiger partial charge in [-0.3, -0.25) is 9.78 Å². The molecule has 1 heterocycles. The number of ether oxygens (including phenoxy) is 1. The van der Waals surface area contributed by atoms with Crippen molar-refractivity contribution in [3.63, 3.8) is 0 Å². The minimum Gasteiger partial charge on any atom is -0.494 e. The molecule has 2 rings (SSSR count). The van der Waals surface area contributed by atoms with E-state index in [9.17, 15) is 4.79 Å². The molecule has 5 heteroatoms. The molecule has 1 aromatic carbocycles. The molecule has 0 saturated heterocycles. The third-order valence-electron chi connectivity index (χ3n) is 3.32. The van der Waals surface area contributed by atoms with Gasteiger partial charge >= 0.3 is 0 Å². The molecule has 5 nitrogen and oxygen atoms in total. The average molecular weight is 285 g/mol. The average Bonchev–Trinajstić information content (AvgIpc) is 2.53. The van der Waals surface area contributed by atoms with Gasteiger partial charge in [0.2, 0.25) is 0 Å². The predicted molar refractivity (Wildman–Crippen MR) is 82.1 cm³/mol. The number of hydrogen-bond acceptors (Lipinski definition) is 4. The Hall–Kier alpha value is -2.56. The molecule has 0 aliphatic carbocycles. The van der Waals surface area contributed by atoms with Gasteiger partial charge in [-0.05, 0) is 24.6 Å². The Morgan fingerprint density at radius 3 is 2.76 bits per heavy atom. The van der Waals surface area contributed by atoms with Crippen molar-refractivity contribution in [1.82, 2.24) is 9.88 Å². The molecule has 1 amide bonds. The monoisotopic (exact) mass is 285 g/mol. The number of hydrogen-bond donors (Lipinski definition) is 1. The van der Waals surface area contributed by atoms with Gasteiger partial charge in [0.25, 0.3) is 5.91 Å². The smallest absolute Gasteiger partial charge is 0.258 e. The maximum Gasteiger partial charge on any atom is 0.258 e. The lowest BCUT2D eigenvalue weighted by Crippen LogP contribution is -2.31. The van der Waals surface area contributed by atoms with E-state index in [0.29, 0.717) is 30.1 Å². The number of benzene rings is 1. The minimum absolute atomic E-state index is 0.0972. The molecule has 2 aromatic rings. The number of rotatable bonds is 5. The zero-order chi connectivity index (χ0) is 15.2. The third-order valence-corrected chi connectivity index (χ3v) is 3.32. The standard InChI is InChI=1S/C16H19N3O2/c1-3-19(11-12-6-4-5-7-14(12)17)16(20)13-8-9-18-10-15(13)21-2/h4-10H,3,11,17H2,1-2H3. The minimum atomic E-state index is -0.0972. The highest BCUT2D eigenvalue weighted by Gasteiger charge is 2.19. The number of aromatic nitrogens is 1. The number of nitrogen functional groups attached to an aromatic ring is 1. The number of nitrogens with two attached hydrogens (primary N) is 1. The molecule has 0 atom stereocenters. The Morgan fingerprint density at radius 2 is 2.10 bits per heavy atom. The Morgan fingerprint density at radius 1 is 1.33 bits per heavy atom. The second-order valence-electron chi connectivity index (χ2n) is 4.59. The fraction of sp³-hybridized carbons (Fsp3) is 0.250. The molecule has 0 unspecified atom stereocenters. The molecule has 21 heavy (non-hydrogen) atoms. The number of nitrogens with zero attached hydrogens (tertiary/aromatic N) is 2. The van der Waals surface area contributed by atoms with Crippen molar-refractivity contribution in [2.45, 2.75) is 13.5 Å². The summed E-state index contributed by atoms with van der Waals surface area (Å²) >= 11 is 0. The first-order valence-corrected chi connectivity index (χ1v) is 6.78. The summed E-state index contributed by atoms with van der Waals surface area (Å²) in [5.41, 5.74) is 8.07. The van der Waals surface area contributed by atoms with E-state index in [0.717, 1.165) is 5.56 Å². The van der Waals surface area contributed by atoms with Gasteiger partial charge in [-0.25, -0.2) is 0 Å². The van der Waals surface area contributed by atoms with Crippen LogP contribution >= 0.6 is 0 Å². The van der Waals surface area contributed by atoms with Crippen molar-refractivity contribution < 1.29 is 9.53 Å². The van der Waals surface area contributed by atoms with Crippen molar-refractivity contribution in [2.24, 2.45) is 0 Å². The van der Waals surface area contributed by atoms with Crippen molar-refractivity contribution >= 4 is 11.6 Å². The number of carbonyl (C=O) groups is 1. The highest BCUT2D eigenvalue weighted by atomic mass is 16.5. The van der Waals surface area contributed by atoms with Crippen molar-refractivity contribution in [2.75, 3.05) is 19.4 Å². The first-order valence-electron chi connectivity index (χ1n) is 6.78. The zero-order valence-electron chi connectivity index (χ0n) is 12.2. The maximum atomic E-state index is 12.6. The summed E-state index contributed by atoms with van der Waals surface area (Å²) < 4.78 is 5.20. The molecule has 0 bridgehead atoms. The van der Waals surface area contributed by atoms with Gasteiger partial charge < -0.3 is 15.4 Å². The van der Waals surface area contributed by atoms with Crippen molar-refractivity contribution in [3.8, 4) is 5.75 Å². The van der Waals surface area contributed by atoms with Crippen molar-refractivity contribution in [3.05, 3.63) is 53.9 Å². The summed E-state index contributed by atoms with van der Waals surface area (Å²) in [5, 5.41) is 0. The number of para-hydroxylation sites is 1. The van der Waals surface area contributed by atoms with E-state index >= 15 is 0 Å². The van der Waals surface area contributed by atoms with Crippen LogP contribution in [0, 0.1) is 0 Å². The van der Waals surface area contributed by atoms with Gasteiger partial charge in [0.1, 0.15) is 5.75 Å². The van der Waals surface area contributed by atoms with Crippen LogP contribution in [-0.2, 0) is 6.54 Å². The van der Waals surface area contributed by atoms with Gasteiger partial charge in [-0.2, -0.15) is 0 Å². The fourth-order valence-electron chi connectivity index (χ4n) is 2.10. The van der Waals surface area contributed by atoms with E-state index < -0.39 is 0 Å². The van der Waals surface area contributed by atoms with Crippen LogP contribution in [-0.4, -0.2) is 29.4 Å². The quantitative estimate of drug-likeness (QED) is 0.856. The van der Waals surface area contributed by atoms with Gasteiger partial charge in [0, 0.05) is 25.0 Å². The summed E-state index contributed by atoms with van der Waals surface area (Å²) in [7, 11) is 1.53. The van der Waals surface area contributed by atoms with E-state index in [2.05, 4.69) is 4.98 Å². The molecule has 0 spiro atoms. The van der Waals surface area contributed by atoms with E-state index in [1.807, 2.05) is 31.2 Å².